The van der Waals surface area contributed by atoms with E-state index in [0.717, 1.165) is 51.4 Å². The zero-order valence-electron chi connectivity index (χ0n) is 12.4. The predicted molar refractivity (Wildman–Crippen MR) is 81.1 cm³/mol. The molecule has 1 saturated heterocycles. The summed E-state index contributed by atoms with van der Waals surface area (Å²) < 4.78 is 0. The van der Waals surface area contributed by atoms with Gasteiger partial charge in [0.15, 0.2) is 0 Å². The lowest BCUT2D eigenvalue weighted by Crippen LogP contribution is -2.51. The zero-order chi connectivity index (χ0) is 14.5. The number of H-pyrrole nitrogens is 1. The largest absolute Gasteiger partial charge is 0.354 e. The first-order chi connectivity index (χ1) is 9.63. The number of hydrogen-bond acceptors (Lipinski definition) is 5. The molecule has 1 aromatic rings. The number of rotatable bonds is 5. The minimum Gasteiger partial charge on any atom is -0.354 e. The van der Waals surface area contributed by atoms with Crippen LogP contribution in [0, 0.1) is 6.92 Å². The van der Waals surface area contributed by atoms with Crippen LogP contribution in [0.5, 0.6) is 0 Å². The summed E-state index contributed by atoms with van der Waals surface area (Å²) in [6.07, 6.45) is 2.19. The first-order valence-corrected chi connectivity index (χ1v) is 7.41. The summed E-state index contributed by atoms with van der Waals surface area (Å²) in [5, 5.41) is 0. The van der Waals surface area contributed by atoms with Gasteiger partial charge in [-0.3, -0.25) is 9.69 Å². The second kappa shape index (κ2) is 6.85. The quantitative estimate of drug-likeness (QED) is 0.812. The number of aromatic amines is 1. The van der Waals surface area contributed by atoms with Gasteiger partial charge < -0.3 is 15.6 Å². The van der Waals surface area contributed by atoms with Crippen LogP contribution in [-0.4, -0.2) is 53.6 Å². The lowest BCUT2D eigenvalue weighted by molar-refractivity contribution is 0.173. The number of nitrogens with one attached hydrogen (secondary N) is 1. The maximum absolute atomic E-state index is 11.5. The Bertz CT molecular complexity index is 479. The average Bonchev–Trinajstić information content (AvgIpc) is 2.44. The van der Waals surface area contributed by atoms with Crippen LogP contribution in [-0.2, 0) is 0 Å². The number of piperazine rings is 1. The second-order valence-electron chi connectivity index (χ2n) is 5.35. The van der Waals surface area contributed by atoms with Crippen LogP contribution in [0.15, 0.2) is 10.9 Å². The van der Waals surface area contributed by atoms with Crippen molar-refractivity contribution in [3.63, 3.8) is 0 Å². The monoisotopic (exact) mass is 279 g/mol. The number of aromatic nitrogens is 2. The van der Waals surface area contributed by atoms with Crippen LogP contribution in [0.25, 0.3) is 0 Å². The fourth-order valence-corrected chi connectivity index (χ4v) is 2.88. The molecule has 0 bridgehead atoms. The summed E-state index contributed by atoms with van der Waals surface area (Å²) in [6.45, 7) is 8.61. The fourth-order valence-electron chi connectivity index (χ4n) is 2.88. The summed E-state index contributed by atoms with van der Waals surface area (Å²) in [7, 11) is 0. The molecule has 6 nitrogen and oxygen atoms in total. The van der Waals surface area contributed by atoms with Crippen molar-refractivity contribution in [1.82, 2.24) is 14.9 Å². The first kappa shape index (κ1) is 15.0. The van der Waals surface area contributed by atoms with Crippen molar-refractivity contribution in [3.8, 4) is 0 Å². The Hall–Kier alpha value is -1.40. The van der Waals surface area contributed by atoms with Gasteiger partial charge >= 0.3 is 0 Å². The molecule has 2 heterocycles. The Morgan fingerprint density at radius 2 is 2.10 bits per heavy atom. The molecule has 0 saturated carbocycles. The lowest BCUT2D eigenvalue weighted by Gasteiger charge is -2.39. The molecule has 1 aliphatic rings. The van der Waals surface area contributed by atoms with Crippen molar-refractivity contribution in [1.29, 1.82) is 0 Å². The number of anilines is 1. The van der Waals surface area contributed by atoms with Crippen LogP contribution in [0.1, 0.15) is 25.6 Å². The van der Waals surface area contributed by atoms with E-state index in [9.17, 15) is 4.79 Å². The summed E-state index contributed by atoms with van der Waals surface area (Å²) in [4.78, 5) is 23.3. The number of nitrogens with two attached hydrogens (primary N) is 1. The summed E-state index contributed by atoms with van der Waals surface area (Å²) in [6, 6.07) is 2.16. The van der Waals surface area contributed by atoms with E-state index in [1.54, 1.807) is 6.07 Å². The van der Waals surface area contributed by atoms with Gasteiger partial charge in [0.25, 0.3) is 5.56 Å². The van der Waals surface area contributed by atoms with E-state index in [1.165, 1.54) is 0 Å². The highest BCUT2D eigenvalue weighted by atomic mass is 16.1. The molecule has 1 aliphatic heterocycles. The third-order valence-corrected chi connectivity index (χ3v) is 3.97. The Kier molecular flexibility index (Phi) is 5.14. The van der Waals surface area contributed by atoms with Crippen molar-refractivity contribution in [2.45, 2.75) is 32.7 Å². The minimum atomic E-state index is -0.0792. The summed E-state index contributed by atoms with van der Waals surface area (Å²) >= 11 is 0. The molecule has 112 valence electrons. The van der Waals surface area contributed by atoms with Crippen LogP contribution < -0.4 is 16.2 Å². The number of nitrogens with zero attached hydrogens (tertiary/aromatic N) is 3. The molecule has 3 N–H and O–H groups in total. The average molecular weight is 279 g/mol. The molecule has 1 aromatic heterocycles. The highest BCUT2D eigenvalue weighted by Gasteiger charge is 2.23. The molecule has 0 spiro atoms. The normalized spacial score (nSPS) is 18.2. The SMILES string of the molecule is CCC(CCN)N1CCN(c2cc(=O)[nH]c(C)n2)CC1. The smallest absolute Gasteiger partial charge is 0.252 e. The molecule has 1 atom stereocenters. The number of hydrogen-bond donors (Lipinski definition) is 2. The van der Waals surface area contributed by atoms with Gasteiger partial charge in [0, 0.05) is 38.3 Å². The topological polar surface area (TPSA) is 78.2 Å². The van der Waals surface area contributed by atoms with Gasteiger partial charge in [0.05, 0.1) is 0 Å². The minimum absolute atomic E-state index is 0.0792. The van der Waals surface area contributed by atoms with Crippen molar-refractivity contribution in [2.75, 3.05) is 37.6 Å². The van der Waals surface area contributed by atoms with E-state index < -0.39 is 0 Å². The molecule has 2 rings (SSSR count). The second-order valence-corrected chi connectivity index (χ2v) is 5.35. The van der Waals surface area contributed by atoms with Gasteiger partial charge in [-0.1, -0.05) is 6.92 Å². The molecule has 0 aliphatic carbocycles. The molecule has 0 aromatic carbocycles. The standard InChI is InChI=1S/C14H25N5O/c1-3-12(4-5-15)18-6-8-19(9-7-18)13-10-14(20)17-11(2)16-13/h10,12H,3-9,15H2,1-2H3,(H,16,17,20). The molecular formula is C14H25N5O. The van der Waals surface area contributed by atoms with Crippen LogP contribution in [0.4, 0.5) is 5.82 Å². The molecule has 0 radical (unpaired) electrons. The van der Waals surface area contributed by atoms with Crippen molar-refractivity contribution in [3.05, 3.63) is 22.2 Å². The third-order valence-electron chi connectivity index (χ3n) is 3.97. The predicted octanol–water partition coefficient (Wildman–Crippen LogP) is 0.328. The van der Waals surface area contributed by atoms with Gasteiger partial charge in [0.2, 0.25) is 0 Å². The van der Waals surface area contributed by atoms with Gasteiger partial charge in [0.1, 0.15) is 11.6 Å². The highest BCUT2D eigenvalue weighted by molar-refractivity contribution is 5.38. The molecule has 1 fully saturated rings. The Balaban J connectivity index is 1.98. The van der Waals surface area contributed by atoms with E-state index in [0.29, 0.717) is 11.9 Å². The summed E-state index contributed by atoms with van der Waals surface area (Å²) in [5.41, 5.74) is 5.60. The Labute approximate surface area is 120 Å². The molecule has 1 unspecified atom stereocenters. The maximum Gasteiger partial charge on any atom is 0.252 e. The van der Waals surface area contributed by atoms with Gasteiger partial charge in [-0.25, -0.2) is 4.98 Å². The van der Waals surface area contributed by atoms with E-state index in [2.05, 4.69) is 26.7 Å². The fraction of sp³-hybridized carbons (Fsp3) is 0.714. The highest BCUT2D eigenvalue weighted by Crippen LogP contribution is 2.15. The van der Waals surface area contributed by atoms with Gasteiger partial charge in [-0.15, -0.1) is 0 Å². The number of aryl methyl sites for hydroxylation is 1. The van der Waals surface area contributed by atoms with Crippen molar-refractivity contribution in [2.24, 2.45) is 5.73 Å². The Morgan fingerprint density at radius 1 is 1.40 bits per heavy atom. The molecule has 0 amide bonds. The Morgan fingerprint density at radius 3 is 2.65 bits per heavy atom. The molecule has 20 heavy (non-hydrogen) atoms. The van der Waals surface area contributed by atoms with E-state index in [-0.39, 0.29) is 5.56 Å². The first-order valence-electron chi connectivity index (χ1n) is 7.41. The zero-order valence-corrected chi connectivity index (χ0v) is 12.4. The maximum atomic E-state index is 11.5. The van der Waals surface area contributed by atoms with Crippen LogP contribution >= 0.6 is 0 Å². The van der Waals surface area contributed by atoms with Crippen molar-refractivity contribution < 1.29 is 0 Å². The van der Waals surface area contributed by atoms with Crippen LogP contribution in [0.3, 0.4) is 0 Å². The molecule has 6 heteroatoms. The van der Waals surface area contributed by atoms with E-state index in [4.69, 9.17) is 5.73 Å². The van der Waals surface area contributed by atoms with Gasteiger partial charge in [-0.2, -0.15) is 0 Å². The van der Waals surface area contributed by atoms with Crippen molar-refractivity contribution >= 4 is 5.82 Å². The van der Waals surface area contributed by atoms with E-state index >= 15 is 0 Å². The van der Waals surface area contributed by atoms with Gasteiger partial charge in [-0.05, 0) is 26.3 Å². The lowest BCUT2D eigenvalue weighted by atomic mass is 10.1. The third kappa shape index (κ3) is 3.58. The molecular weight excluding hydrogens is 254 g/mol. The summed E-state index contributed by atoms with van der Waals surface area (Å²) in [5.74, 6) is 1.46. The van der Waals surface area contributed by atoms with Crippen LogP contribution in [0.2, 0.25) is 0 Å². The van der Waals surface area contributed by atoms with E-state index in [1.807, 2.05) is 6.92 Å².